The van der Waals surface area contributed by atoms with Crippen molar-refractivity contribution >= 4 is 12.2 Å². The van der Waals surface area contributed by atoms with Crippen LogP contribution in [0.3, 0.4) is 0 Å². The van der Waals surface area contributed by atoms with E-state index >= 15 is 0 Å². The molecule has 0 unspecified atom stereocenters. The minimum atomic E-state index is 0.383. The third-order valence-corrected chi connectivity index (χ3v) is 3.34. The van der Waals surface area contributed by atoms with Crippen LogP contribution in [0.15, 0.2) is 36.7 Å². The van der Waals surface area contributed by atoms with Gasteiger partial charge in [0.2, 0.25) is 4.77 Å². The molecule has 20 heavy (non-hydrogen) atoms. The Morgan fingerprint density at radius 1 is 1.35 bits per heavy atom. The molecular formula is C14H17N5S. The molecule has 104 valence electrons. The van der Waals surface area contributed by atoms with Gasteiger partial charge in [0, 0.05) is 12.2 Å². The zero-order chi connectivity index (χ0) is 14.4. The van der Waals surface area contributed by atoms with Crippen molar-refractivity contribution in [1.82, 2.24) is 19.2 Å². The largest absolute Gasteiger partial charge is 0.275 e. The molecule has 0 N–H and O–H groups in total. The van der Waals surface area contributed by atoms with E-state index in [0.717, 1.165) is 18.7 Å². The second-order valence-electron chi connectivity index (χ2n) is 4.47. The maximum atomic E-state index is 8.84. The van der Waals surface area contributed by atoms with Gasteiger partial charge in [0.25, 0.3) is 0 Å². The Morgan fingerprint density at radius 3 is 2.75 bits per heavy atom. The SMILES string of the molecule is CCCN(CC#N)Cn1ncn(-c2ccccc2)c1=S. The molecule has 1 aromatic heterocycles. The van der Waals surface area contributed by atoms with Gasteiger partial charge in [-0.3, -0.25) is 9.47 Å². The fourth-order valence-corrected chi connectivity index (χ4v) is 2.26. The molecule has 0 amide bonds. The van der Waals surface area contributed by atoms with Crippen LogP contribution in [0.4, 0.5) is 0 Å². The zero-order valence-corrected chi connectivity index (χ0v) is 12.3. The molecule has 0 aliphatic rings. The quantitative estimate of drug-likeness (QED) is 0.605. The lowest BCUT2D eigenvalue weighted by Gasteiger charge is -2.17. The lowest BCUT2D eigenvalue weighted by atomic mass is 10.3. The van der Waals surface area contributed by atoms with Crippen molar-refractivity contribution in [3.8, 4) is 11.8 Å². The van der Waals surface area contributed by atoms with Gasteiger partial charge in [-0.1, -0.05) is 25.1 Å². The van der Waals surface area contributed by atoms with Gasteiger partial charge >= 0.3 is 0 Å². The molecule has 0 radical (unpaired) electrons. The monoisotopic (exact) mass is 287 g/mol. The Bertz CT molecular complexity index is 638. The first-order valence-electron chi connectivity index (χ1n) is 6.55. The maximum absolute atomic E-state index is 8.84. The van der Waals surface area contributed by atoms with E-state index in [-0.39, 0.29) is 0 Å². The van der Waals surface area contributed by atoms with Crippen LogP contribution in [0.1, 0.15) is 13.3 Å². The highest BCUT2D eigenvalue weighted by atomic mass is 32.1. The van der Waals surface area contributed by atoms with Gasteiger partial charge in [-0.15, -0.1) is 0 Å². The maximum Gasteiger partial charge on any atom is 0.203 e. The number of aromatic nitrogens is 3. The number of rotatable bonds is 6. The van der Waals surface area contributed by atoms with Crippen LogP contribution in [0.5, 0.6) is 0 Å². The Hall–Kier alpha value is -1.97. The van der Waals surface area contributed by atoms with Crippen molar-refractivity contribution < 1.29 is 0 Å². The van der Waals surface area contributed by atoms with E-state index in [1.165, 1.54) is 0 Å². The molecule has 0 saturated heterocycles. The molecule has 1 heterocycles. The van der Waals surface area contributed by atoms with Crippen molar-refractivity contribution in [2.24, 2.45) is 0 Å². The lowest BCUT2D eigenvalue weighted by molar-refractivity contribution is 0.230. The fourth-order valence-electron chi connectivity index (χ4n) is 2.01. The third kappa shape index (κ3) is 3.32. The van der Waals surface area contributed by atoms with E-state index < -0.39 is 0 Å². The van der Waals surface area contributed by atoms with E-state index in [1.54, 1.807) is 11.0 Å². The van der Waals surface area contributed by atoms with Crippen molar-refractivity contribution in [2.75, 3.05) is 13.1 Å². The molecule has 0 aliphatic heterocycles. The Kier molecular flexibility index (Phi) is 5.04. The molecule has 2 aromatic rings. The molecule has 5 nitrogen and oxygen atoms in total. The average Bonchev–Trinajstić information content (AvgIpc) is 2.82. The standard InChI is InChI=1S/C14H17N5S/c1-2-9-17(10-8-15)12-19-14(20)18(11-16-19)13-6-4-3-5-7-13/h3-7,11H,2,9-10,12H2,1H3. The normalized spacial score (nSPS) is 10.7. The fraction of sp³-hybridized carbons (Fsp3) is 0.357. The summed E-state index contributed by atoms with van der Waals surface area (Å²) in [6.45, 7) is 3.87. The number of nitriles is 1. The molecule has 0 bridgehead atoms. The van der Waals surface area contributed by atoms with Gasteiger partial charge in [0.05, 0.1) is 19.3 Å². The summed E-state index contributed by atoms with van der Waals surface area (Å²) in [5.41, 5.74) is 0.992. The van der Waals surface area contributed by atoms with Crippen LogP contribution >= 0.6 is 12.2 Å². The summed E-state index contributed by atoms with van der Waals surface area (Å²) >= 11 is 5.45. The van der Waals surface area contributed by atoms with Gasteiger partial charge in [0.15, 0.2) is 0 Å². The smallest absolute Gasteiger partial charge is 0.203 e. The predicted octanol–water partition coefficient (Wildman–Crippen LogP) is 2.60. The number of para-hydroxylation sites is 1. The third-order valence-electron chi connectivity index (χ3n) is 2.94. The molecule has 0 aliphatic carbocycles. The van der Waals surface area contributed by atoms with Crippen LogP contribution < -0.4 is 0 Å². The molecule has 0 atom stereocenters. The van der Waals surface area contributed by atoms with Gasteiger partial charge < -0.3 is 0 Å². The van der Waals surface area contributed by atoms with Crippen molar-refractivity contribution in [2.45, 2.75) is 20.0 Å². The molecule has 0 saturated carbocycles. The Morgan fingerprint density at radius 2 is 2.10 bits per heavy atom. The summed E-state index contributed by atoms with van der Waals surface area (Å²) in [7, 11) is 0. The van der Waals surface area contributed by atoms with Crippen LogP contribution in [-0.4, -0.2) is 32.3 Å². The number of hydrogen-bond acceptors (Lipinski definition) is 4. The second kappa shape index (κ2) is 6.98. The highest BCUT2D eigenvalue weighted by Crippen LogP contribution is 2.08. The summed E-state index contributed by atoms with van der Waals surface area (Å²) in [6, 6.07) is 12.0. The van der Waals surface area contributed by atoms with Gasteiger partial charge in [-0.2, -0.15) is 10.4 Å². The first-order chi connectivity index (χ1) is 9.76. The number of nitrogens with zero attached hydrogens (tertiary/aromatic N) is 5. The first kappa shape index (κ1) is 14.4. The summed E-state index contributed by atoms with van der Waals surface area (Å²) in [5, 5.41) is 13.2. The molecule has 2 rings (SSSR count). The molecule has 1 aromatic carbocycles. The van der Waals surface area contributed by atoms with Crippen molar-refractivity contribution in [1.29, 1.82) is 5.26 Å². The minimum absolute atomic E-state index is 0.383. The van der Waals surface area contributed by atoms with Gasteiger partial charge in [-0.25, -0.2) is 4.68 Å². The van der Waals surface area contributed by atoms with Crippen molar-refractivity contribution in [3.05, 3.63) is 41.4 Å². The highest BCUT2D eigenvalue weighted by molar-refractivity contribution is 7.71. The van der Waals surface area contributed by atoms with Gasteiger partial charge in [0.1, 0.15) is 6.33 Å². The summed E-state index contributed by atoms with van der Waals surface area (Å²) in [6.07, 6.45) is 2.71. The van der Waals surface area contributed by atoms with E-state index in [9.17, 15) is 0 Å². The predicted molar refractivity (Wildman–Crippen MR) is 79.9 cm³/mol. The summed E-state index contributed by atoms with van der Waals surface area (Å²) < 4.78 is 4.25. The Balaban J connectivity index is 2.21. The summed E-state index contributed by atoms with van der Waals surface area (Å²) in [4.78, 5) is 2.03. The van der Waals surface area contributed by atoms with Crippen LogP contribution in [0.25, 0.3) is 5.69 Å². The van der Waals surface area contributed by atoms with Crippen LogP contribution in [0.2, 0.25) is 0 Å². The highest BCUT2D eigenvalue weighted by Gasteiger charge is 2.08. The average molecular weight is 287 g/mol. The first-order valence-corrected chi connectivity index (χ1v) is 6.96. The van der Waals surface area contributed by atoms with E-state index in [2.05, 4.69) is 18.1 Å². The van der Waals surface area contributed by atoms with Crippen LogP contribution in [-0.2, 0) is 6.67 Å². The summed E-state index contributed by atoms with van der Waals surface area (Å²) in [5.74, 6) is 0. The molecule has 0 spiro atoms. The molecule has 0 fully saturated rings. The number of benzene rings is 1. The lowest BCUT2D eigenvalue weighted by Crippen LogP contribution is -2.28. The number of hydrogen-bond donors (Lipinski definition) is 0. The van der Waals surface area contributed by atoms with Crippen molar-refractivity contribution in [3.63, 3.8) is 0 Å². The van der Waals surface area contributed by atoms with E-state index in [0.29, 0.717) is 18.0 Å². The second-order valence-corrected chi connectivity index (χ2v) is 4.84. The van der Waals surface area contributed by atoms with Gasteiger partial charge in [-0.05, 0) is 30.8 Å². The topological polar surface area (TPSA) is 49.8 Å². The minimum Gasteiger partial charge on any atom is -0.275 e. The molecule has 6 heteroatoms. The van der Waals surface area contributed by atoms with E-state index in [1.807, 2.05) is 39.8 Å². The molecular weight excluding hydrogens is 270 g/mol. The Labute approximate surface area is 123 Å². The zero-order valence-electron chi connectivity index (χ0n) is 11.4. The van der Waals surface area contributed by atoms with Crippen LogP contribution in [0, 0.1) is 16.1 Å². The van der Waals surface area contributed by atoms with E-state index in [4.69, 9.17) is 17.5 Å².